The van der Waals surface area contributed by atoms with Gasteiger partial charge < -0.3 is 15.7 Å². The number of hydrogen-bond donors (Lipinski definition) is 2. The van der Waals surface area contributed by atoms with Crippen LogP contribution in [0.1, 0.15) is 12.8 Å². The highest BCUT2D eigenvalue weighted by atomic mass is 35.5. The first-order valence-corrected chi connectivity index (χ1v) is 4.95. The van der Waals surface area contributed by atoms with Crippen LogP contribution in [-0.2, 0) is 0 Å². The van der Waals surface area contributed by atoms with E-state index in [-0.39, 0.29) is 5.84 Å². The van der Waals surface area contributed by atoms with Crippen molar-refractivity contribution in [1.29, 1.82) is 0 Å². The van der Waals surface area contributed by atoms with Crippen LogP contribution in [-0.4, -0.2) is 17.6 Å². The molecular weight excluding hydrogens is 216 g/mol. The lowest BCUT2D eigenvalue weighted by Crippen LogP contribution is -2.12. The first-order valence-electron chi connectivity index (χ1n) is 4.57. The number of benzene rings is 1. The molecule has 82 valence electrons. The third kappa shape index (κ3) is 4.56. The maximum Gasteiger partial charge on any atom is 0.139 e. The Kier molecular flexibility index (Phi) is 4.77. The molecule has 0 spiro atoms. The summed E-state index contributed by atoms with van der Waals surface area (Å²) in [5.74, 6) is 0.980. The smallest absolute Gasteiger partial charge is 0.139 e. The SMILES string of the molecule is N/C(CCCOc1ccc(Cl)cc1)=N\O. The maximum absolute atomic E-state index is 8.29. The average molecular weight is 229 g/mol. The summed E-state index contributed by atoms with van der Waals surface area (Å²) in [6, 6.07) is 7.12. The van der Waals surface area contributed by atoms with E-state index in [0.717, 1.165) is 5.75 Å². The minimum absolute atomic E-state index is 0.217. The second-order valence-corrected chi connectivity index (χ2v) is 3.43. The highest BCUT2D eigenvalue weighted by molar-refractivity contribution is 6.30. The van der Waals surface area contributed by atoms with Crippen LogP contribution in [0.3, 0.4) is 0 Å². The number of ether oxygens (including phenoxy) is 1. The maximum atomic E-state index is 8.29. The first-order chi connectivity index (χ1) is 7.22. The second-order valence-electron chi connectivity index (χ2n) is 3.00. The quantitative estimate of drug-likeness (QED) is 0.267. The molecule has 0 aliphatic carbocycles. The van der Waals surface area contributed by atoms with Crippen molar-refractivity contribution in [3.63, 3.8) is 0 Å². The van der Waals surface area contributed by atoms with E-state index in [9.17, 15) is 0 Å². The molecule has 1 rings (SSSR count). The number of oxime groups is 1. The summed E-state index contributed by atoms with van der Waals surface area (Å²) in [5, 5.41) is 11.8. The fourth-order valence-electron chi connectivity index (χ4n) is 1.02. The Labute approximate surface area is 93.3 Å². The molecule has 0 atom stereocenters. The van der Waals surface area contributed by atoms with Crippen molar-refractivity contribution < 1.29 is 9.94 Å². The zero-order valence-electron chi connectivity index (χ0n) is 8.19. The van der Waals surface area contributed by atoms with Crippen molar-refractivity contribution in [3.05, 3.63) is 29.3 Å². The second kappa shape index (κ2) is 6.14. The number of nitrogens with zero attached hydrogens (tertiary/aromatic N) is 1. The third-order valence-electron chi connectivity index (χ3n) is 1.79. The van der Waals surface area contributed by atoms with Crippen molar-refractivity contribution in [1.82, 2.24) is 0 Å². The Balaban J connectivity index is 2.23. The van der Waals surface area contributed by atoms with Crippen LogP contribution in [0.4, 0.5) is 0 Å². The van der Waals surface area contributed by atoms with Crippen molar-refractivity contribution in [2.75, 3.05) is 6.61 Å². The lowest BCUT2D eigenvalue weighted by Gasteiger charge is -2.05. The molecule has 0 radical (unpaired) electrons. The highest BCUT2D eigenvalue weighted by Gasteiger charge is 1.96. The van der Waals surface area contributed by atoms with Crippen LogP contribution in [0.5, 0.6) is 5.75 Å². The van der Waals surface area contributed by atoms with Gasteiger partial charge in [-0.1, -0.05) is 16.8 Å². The number of amidine groups is 1. The van der Waals surface area contributed by atoms with Crippen molar-refractivity contribution >= 4 is 17.4 Å². The van der Waals surface area contributed by atoms with E-state index in [2.05, 4.69) is 5.16 Å². The predicted octanol–water partition coefficient (Wildman–Crippen LogP) is 2.25. The molecular formula is C10H13ClN2O2. The van der Waals surface area contributed by atoms with Gasteiger partial charge in [0.25, 0.3) is 0 Å². The summed E-state index contributed by atoms with van der Waals surface area (Å²) >= 11 is 5.72. The zero-order valence-corrected chi connectivity index (χ0v) is 8.94. The van der Waals surface area contributed by atoms with Crippen molar-refractivity contribution in [2.45, 2.75) is 12.8 Å². The molecule has 15 heavy (non-hydrogen) atoms. The van der Waals surface area contributed by atoms with Gasteiger partial charge in [0.15, 0.2) is 0 Å². The van der Waals surface area contributed by atoms with Crippen LogP contribution in [0.25, 0.3) is 0 Å². The van der Waals surface area contributed by atoms with E-state index in [1.165, 1.54) is 0 Å². The normalized spacial score (nSPS) is 11.4. The fourth-order valence-corrected chi connectivity index (χ4v) is 1.15. The fraction of sp³-hybridized carbons (Fsp3) is 0.300. The molecule has 0 saturated carbocycles. The minimum atomic E-state index is 0.217. The van der Waals surface area contributed by atoms with E-state index < -0.39 is 0 Å². The predicted molar refractivity (Wildman–Crippen MR) is 59.6 cm³/mol. The molecule has 0 fully saturated rings. The van der Waals surface area contributed by atoms with Gasteiger partial charge in [-0.3, -0.25) is 0 Å². The van der Waals surface area contributed by atoms with Crippen molar-refractivity contribution in [3.8, 4) is 5.75 Å². The molecule has 0 bridgehead atoms. The van der Waals surface area contributed by atoms with Gasteiger partial charge in [-0.05, 0) is 30.7 Å². The molecule has 0 aliphatic heterocycles. The number of nitrogens with two attached hydrogens (primary N) is 1. The Hall–Kier alpha value is -1.42. The Morgan fingerprint density at radius 1 is 1.40 bits per heavy atom. The molecule has 0 heterocycles. The molecule has 0 aliphatic rings. The molecule has 5 heteroatoms. The topological polar surface area (TPSA) is 67.8 Å². The first kappa shape index (κ1) is 11.7. The van der Waals surface area contributed by atoms with Crippen LogP contribution >= 0.6 is 11.6 Å². The van der Waals surface area contributed by atoms with Gasteiger partial charge in [0.1, 0.15) is 11.6 Å². The van der Waals surface area contributed by atoms with Crippen molar-refractivity contribution in [2.24, 2.45) is 10.9 Å². The monoisotopic (exact) mass is 228 g/mol. The van der Waals surface area contributed by atoms with Crippen LogP contribution < -0.4 is 10.5 Å². The van der Waals surface area contributed by atoms with Gasteiger partial charge in [0.2, 0.25) is 0 Å². The van der Waals surface area contributed by atoms with Gasteiger partial charge in [0.05, 0.1) is 6.61 Å². The summed E-state index contributed by atoms with van der Waals surface area (Å²) in [6.45, 7) is 0.526. The standard InChI is InChI=1S/C10H13ClN2O2/c11-8-3-5-9(6-4-8)15-7-1-2-10(12)13-14/h3-6,14H,1-2,7H2,(H2,12,13). The molecule has 0 unspecified atom stereocenters. The van der Waals surface area contributed by atoms with Gasteiger partial charge in [-0.2, -0.15) is 0 Å². The Morgan fingerprint density at radius 3 is 2.67 bits per heavy atom. The molecule has 0 amide bonds. The summed E-state index contributed by atoms with van der Waals surface area (Å²) in [5.41, 5.74) is 5.30. The number of hydrogen-bond acceptors (Lipinski definition) is 3. The summed E-state index contributed by atoms with van der Waals surface area (Å²) in [7, 11) is 0. The average Bonchev–Trinajstić information content (AvgIpc) is 2.26. The highest BCUT2D eigenvalue weighted by Crippen LogP contribution is 2.15. The van der Waals surface area contributed by atoms with E-state index >= 15 is 0 Å². The van der Waals surface area contributed by atoms with Crippen LogP contribution in [0, 0.1) is 0 Å². The number of rotatable bonds is 5. The number of halogens is 1. The molecule has 1 aromatic carbocycles. The van der Waals surface area contributed by atoms with E-state index in [1.54, 1.807) is 24.3 Å². The van der Waals surface area contributed by atoms with E-state index in [0.29, 0.717) is 24.5 Å². The minimum Gasteiger partial charge on any atom is -0.494 e. The van der Waals surface area contributed by atoms with Gasteiger partial charge >= 0.3 is 0 Å². The molecule has 0 saturated heterocycles. The van der Waals surface area contributed by atoms with Crippen LogP contribution in [0.2, 0.25) is 5.02 Å². The largest absolute Gasteiger partial charge is 0.494 e. The lowest BCUT2D eigenvalue weighted by molar-refractivity contribution is 0.305. The zero-order chi connectivity index (χ0) is 11.1. The Bertz CT molecular complexity index is 325. The van der Waals surface area contributed by atoms with E-state index in [4.69, 9.17) is 27.3 Å². The lowest BCUT2D eigenvalue weighted by atomic mass is 10.3. The summed E-state index contributed by atoms with van der Waals surface area (Å²) in [4.78, 5) is 0. The molecule has 4 nitrogen and oxygen atoms in total. The molecule has 3 N–H and O–H groups in total. The summed E-state index contributed by atoms with van der Waals surface area (Å²) in [6.07, 6.45) is 1.22. The van der Waals surface area contributed by atoms with Crippen LogP contribution in [0.15, 0.2) is 29.4 Å². The third-order valence-corrected chi connectivity index (χ3v) is 2.04. The summed E-state index contributed by atoms with van der Waals surface area (Å²) < 4.78 is 5.41. The van der Waals surface area contributed by atoms with Gasteiger partial charge in [-0.15, -0.1) is 0 Å². The van der Waals surface area contributed by atoms with Gasteiger partial charge in [0, 0.05) is 11.4 Å². The van der Waals surface area contributed by atoms with E-state index in [1.807, 2.05) is 0 Å². The van der Waals surface area contributed by atoms with Gasteiger partial charge in [-0.25, -0.2) is 0 Å². The molecule has 1 aromatic rings. The molecule has 0 aromatic heterocycles. The Morgan fingerprint density at radius 2 is 2.07 bits per heavy atom.